The Labute approximate surface area is 110 Å². The molecule has 7 heteroatoms. The summed E-state index contributed by atoms with van der Waals surface area (Å²) in [5, 5.41) is 18.8. The Balaban J connectivity index is 2.44. The first-order valence-corrected chi connectivity index (χ1v) is 5.95. The van der Waals surface area contributed by atoms with Crippen molar-refractivity contribution < 1.29 is 10.2 Å². The Kier molecular flexibility index (Phi) is 3.98. The van der Waals surface area contributed by atoms with Crippen LogP contribution in [0.1, 0.15) is 0 Å². The predicted octanol–water partition coefficient (Wildman–Crippen LogP) is -0.415. The maximum atomic E-state index is 9.04. The van der Waals surface area contributed by atoms with Crippen LogP contribution in [0.3, 0.4) is 0 Å². The highest BCUT2D eigenvalue weighted by molar-refractivity contribution is 5.91. The van der Waals surface area contributed by atoms with E-state index in [1.807, 2.05) is 17.0 Å². The minimum atomic E-state index is 0.00571. The van der Waals surface area contributed by atoms with E-state index in [-0.39, 0.29) is 19.2 Å². The van der Waals surface area contributed by atoms with Gasteiger partial charge in [0, 0.05) is 24.2 Å². The van der Waals surface area contributed by atoms with Crippen LogP contribution in [0.25, 0.3) is 10.9 Å². The largest absolute Gasteiger partial charge is 0.395 e. The Morgan fingerprint density at radius 3 is 2.37 bits per heavy atom. The maximum Gasteiger partial charge on any atom is 0.222 e. The van der Waals surface area contributed by atoms with Crippen LogP contribution in [0.5, 0.6) is 0 Å². The van der Waals surface area contributed by atoms with Gasteiger partial charge in [-0.2, -0.15) is 4.98 Å². The molecule has 0 saturated heterocycles. The number of hydrogen-bond donors (Lipinski definition) is 4. The number of aliphatic hydroxyl groups excluding tert-OH is 2. The Bertz CT molecular complexity index is 569. The fourth-order valence-electron chi connectivity index (χ4n) is 1.97. The highest BCUT2D eigenvalue weighted by Gasteiger charge is 2.09. The number of aliphatic hydroxyl groups is 2. The third-order valence-corrected chi connectivity index (χ3v) is 2.83. The van der Waals surface area contributed by atoms with E-state index >= 15 is 0 Å². The van der Waals surface area contributed by atoms with Gasteiger partial charge in [0.15, 0.2) is 0 Å². The molecule has 1 aromatic heterocycles. The van der Waals surface area contributed by atoms with E-state index in [1.165, 1.54) is 0 Å². The topological polar surface area (TPSA) is 122 Å². The molecule has 0 aliphatic rings. The average Bonchev–Trinajstić information content (AvgIpc) is 2.38. The highest BCUT2D eigenvalue weighted by Crippen LogP contribution is 2.24. The lowest BCUT2D eigenvalue weighted by Crippen LogP contribution is -2.29. The second kappa shape index (κ2) is 5.68. The van der Waals surface area contributed by atoms with Gasteiger partial charge in [0.05, 0.1) is 18.7 Å². The first-order chi connectivity index (χ1) is 9.15. The van der Waals surface area contributed by atoms with Crippen molar-refractivity contribution in [1.82, 2.24) is 9.97 Å². The predicted molar refractivity (Wildman–Crippen MR) is 74.7 cm³/mol. The number of nitrogens with zero attached hydrogens (tertiary/aromatic N) is 3. The quantitative estimate of drug-likeness (QED) is 0.578. The zero-order valence-electron chi connectivity index (χ0n) is 10.5. The third kappa shape index (κ3) is 2.83. The van der Waals surface area contributed by atoms with Gasteiger partial charge in [0.1, 0.15) is 5.82 Å². The molecule has 2 aromatic rings. The second-order valence-electron chi connectivity index (χ2n) is 4.10. The number of anilines is 3. The number of benzene rings is 1. The number of nitrogens with two attached hydrogens (primary N) is 2. The lowest BCUT2D eigenvalue weighted by atomic mass is 10.2. The molecule has 6 N–H and O–H groups in total. The fourth-order valence-corrected chi connectivity index (χ4v) is 1.97. The number of hydrogen-bond acceptors (Lipinski definition) is 7. The molecule has 102 valence electrons. The summed E-state index contributed by atoms with van der Waals surface area (Å²) >= 11 is 0. The Morgan fingerprint density at radius 1 is 1.05 bits per heavy atom. The number of rotatable bonds is 5. The first-order valence-electron chi connectivity index (χ1n) is 5.95. The Morgan fingerprint density at radius 2 is 1.74 bits per heavy atom. The van der Waals surface area contributed by atoms with Crippen LogP contribution in [0.2, 0.25) is 0 Å². The van der Waals surface area contributed by atoms with Gasteiger partial charge >= 0.3 is 0 Å². The molecule has 19 heavy (non-hydrogen) atoms. The summed E-state index contributed by atoms with van der Waals surface area (Å²) in [7, 11) is 0. The molecule has 0 radical (unpaired) electrons. The molecular formula is C12H17N5O2. The number of fused-ring (bicyclic) bond motifs is 1. The van der Waals surface area contributed by atoms with Crippen molar-refractivity contribution in [3.05, 3.63) is 18.2 Å². The SMILES string of the molecule is Nc1nc(N)c2cc(N(CCO)CCO)ccc2n1. The molecule has 0 bridgehead atoms. The summed E-state index contributed by atoms with van der Waals surface area (Å²) in [6.45, 7) is 0.876. The molecule has 1 aromatic carbocycles. The third-order valence-electron chi connectivity index (χ3n) is 2.83. The van der Waals surface area contributed by atoms with Crippen LogP contribution in [0.15, 0.2) is 18.2 Å². The van der Waals surface area contributed by atoms with Crippen molar-refractivity contribution in [2.75, 3.05) is 42.7 Å². The molecule has 7 nitrogen and oxygen atoms in total. The molecule has 1 heterocycles. The highest BCUT2D eigenvalue weighted by atomic mass is 16.3. The van der Waals surface area contributed by atoms with Gasteiger partial charge in [-0.05, 0) is 18.2 Å². The van der Waals surface area contributed by atoms with Crippen molar-refractivity contribution in [2.24, 2.45) is 0 Å². The summed E-state index contributed by atoms with van der Waals surface area (Å²) in [4.78, 5) is 9.88. The monoisotopic (exact) mass is 263 g/mol. The van der Waals surface area contributed by atoms with Crippen LogP contribution in [0.4, 0.5) is 17.5 Å². The van der Waals surface area contributed by atoms with Crippen LogP contribution < -0.4 is 16.4 Å². The molecule has 2 rings (SSSR count). The van der Waals surface area contributed by atoms with Crippen molar-refractivity contribution in [2.45, 2.75) is 0 Å². The normalized spacial score (nSPS) is 10.8. The van der Waals surface area contributed by atoms with Gasteiger partial charge in [-0.3, -0.25) is 0 Å². The van der Waals surface area contributed by atoms with Gasteiger partial charge in [0.25, 0.3) is 0 Å². The lowest BCUT2D eigenvalue weighted by Gasteiger charge is -2.23. The van der Waals surface area contributed by atoms with Crippen LogP contribution >= 0.6 is 0 Å². The van der Waals surface area contributed by atoms with E-state index in [1.54, 1.807) is 6.07 Å². The molecule has 0 unspecified atom stereocenters. The second-order valence-corrected chi connectivity index (χ2v) is 4.10. The molecule has 0 spiro atoms. The van der Waals surface area contributed by atoms with Crippen LogP contribution in [0, 0.1) is 0 Å². The minimum Gasteiger partial charge on any atom is -0.395 e. The summed E-state index contributed by atoms with van der Waals surface area (Å²) in [6.07, 6.45) is 0. The molecule has 0 fully saturated rings. The molecular weight excluding hydrogens is 246 g/mol. The van der Waals surface area contributed by atoms with Crippen molar-refractivity contribution >= 4 is 28.4 Å². The van der Waals surface area contributed by atoms with Gasteiger partial charge in [-0.25, -0.2) is 4.98 Å². The first kappa shape index (κ1) is 13.3. The lowest BCUT2D eigenvalue weighted by molar-refractivity contribution is 0.281. The number of nitrogen functional groups attached to an aromatic ring is 2. The smallest absolute Gasteiger partial charge is 0.222 e. The van der Waals surface area contributed by atoms with Crippen molar-refractivity contribution in [1.29, 1.82) is 0 Å². The van der Waals surface area contributed by atoms with Crippen molar-refractivity contribution in [3.63, 3.8) is 0 Å². The Hall–Kier alpha value is -2.12. The van der Waals surface area contributed by atoms with E-state index in [0.29, 0.717) is 29.8 Å². The van der Waals surface area contributed by atoms with Gasteiger partial charge < -0.3 is 26.6 Å². The molecule has 0 atom stereocenters. The zero-order chi connectivity index (χ0) is 13.8. The molecule has 0 aliphatic heterocycles. The van der Waals surface area contributed by atoms with Gasteiger partial charge in [-0.15, -0.1) is 0 Å². The van der Waals surface area contributed by atoms with E-state index in [4.69, 9.17) is 21.7 Å². The summed E-state index contributed by atoms with van der Waals surface area (Å²) in [5.74, 6) is 0.456. The molecule has 0 saturated carbocycles. The summed E-state index contributed by atoms with van der Waals surface area (Å²) in [5.41, 5.74) is 12.9. The van der Waals surface area contributed by atoms with Crippen LogP contribution in [-0.4, -0.2) is 46.5 Å². The summed E-state index contributed by atoms with van der Waals surface area (Å²) in [6, 6.07) is 5.47. The van der Waals surface area contributed by atoms with E-state index in [2.05, 4.69) is 9.97 Å². The standard InChI is InChI=1S/C12H17N5O2/c13-11-9-7-8(17(3-5-18)4-6-19)1-2-10(9)15-12(14)16-11/h1-2,7,18-19H,3-6H2,(H4,13,14,15,16). The van der Waals surface area contributed by atoms with E-state index in [0.717, 1.165) is 5.69 Å². The minimum absolute atomic E-state index is 0.00571. The maximum absolute atomic E-state index is 9.04. The summed E-state index contributed by atoms with van der Waals surface area (Å²) < 4.78 is 0. The number of aromatic nitrogens is 2. The molecule has 0 amide bonds. The average molecular weight is 263 g/mol. The van der Waals surface area contributed by atoms with Crippen LogP contribution in [-0.2, 0) is 0 Å². The zero-order valence-corrected chi connectivity index (χ0v) is 10.5. The fraction of sp³-hybridized carbons (Fsp3) is 0.333. The van der Waals surface area contributed by atoms with Gasteiger partial charge in [-0.1, -0.05) is 0 Å². The van der Waals surface area contributed by atoms with Crippen molar-refractivity contribution in [3.8, 4) is 0 Å². The van der Waals surface area contributed by atoms with E-state index in [9.17, 15) is 0 Å². The van der Waals surface area contributed by atoms with Gasteiger partial charge in [0.2, 0.25) is 5.95 Å². The molecule has 0 aliphatic carbocycles. The van der Waals surface area contributed by atoms with E-state index < -0.39 is 0 Å².